The number of amides is 1. The van der Waals surface area contributed by atoms with Crippen LogP contribution in [0.1, 0.15) is 31.2 Å². The van der Waals surface area contributed by atoms with Crippen LogP contribution in [-0.2, 0) is 16.1 Å². The minimum absolute atomic E-state index is 0.122. The smallest absolute Gasteiger partial charge is 0.267 e. The lowest BCUT2D eigenvalue weighted by atomic mass is 10.0. The first-order valence-electron chi connectivity index (χ1n) is 7.95. The molecule has 1 saturated heterocycles. The van der Waals surface area contributed by atoms with Crippen LogP contribution in [0.4, 0.5) is 0 Å². The van der Waals surface area contributed by atoms with Gasteiger partial charge in [0.15, 0.2) is 0 Å². The molecule has 116 valence electrons. The summed E-state index contributed by atoms with van der Waals surface area (Å²) < 4.78 is 0. The summed E-state index contributed by atoms with van der Waals surface area (Å²) in [6.07, 6.45) is 4.47. The maximum absolute atomic E-state index is 12.6. The Balaban J connectivity index is 1.36. The second-order valence-electron chi connectivity index (χ2n) is 6.59. The summed E-state index contributed by atoms with van der Waals surface area (Å²) in [5.41, 5.74) is 2.02. The summed E-state index contributed by atoms with van der Waals surface area (Å²) in [5.74, 6) is 0.833. The molecule has 4 rings (SSSR count). The predicted molar refractivity (Wildman–Crippen MR) is 84.9 cm³/mol. The van der Waals surface area contributed by atoms with Crippen molar-refractivity contribution in [1.82, 2.24) is 4.90 Å². The zero-order valence-corrected chi connectivity index (χ0v) is 13.1. The highest BCUT2D eigenvalue weighted by Gasteiger charge is 2.43. The molecule has 2 bridgehead atoms. The second-order valence-corrected chi connectivity index (χ2v) is 7.02. The minimum atomic E-state index is -0.423. The van der Waals surface area contributed by atoms with Crippen molar-refractivity contribution in [1.29, 1.82) is 0 Å². The molecule has 1 aromatic rings. The molecule has 5 heteroatoms. The van der Waals surface area contributed by atoms with E-state index in [2.05, 4.69) is 5.16 Å². The normalized spacial score (nSPS) is 29.6. The molecule has 1 aliphatic carbocycles. The third-order valence-corrected chi connectivity index (χ3v) is 5.23. The van der Waals surface area contributed by atoms with Crippen LogP contribution in [0.15, 0.2) is 29.4 Å². The Morgan fingerprint density at radius 2 is 2.32 bits per heavy atom. The van der Waals surface area contributed by atoms with Crippen molar-refractivity contribution in [2.24, 2.45) is 11.1 Å². The van der Waals surface area contributed by atoms with E-state index in [1.54, 1.807) is 0 Å². The van der Waals surface area contributed by atoms with Gasteiger partial charge in [0.1, 0.15) is 0 Å². The highest BCUT2D eigenvalue weighted by Crippen LogP contribution is 2.38. The number of carbonyl (C=O) groups excluding carboxylic acids is 1. The molecule has 3 aliphatic rings. The number of fused-ring (bicyclic) bond motifs is 2. The van der Waals surface area contributed by atoms with Gasteiger partial charge in [0.25, 0.3) is 5.91 Å². The van der Waals surface area contributed by atoms with Crippen LogP contribution in [0.25, 0.3) is 0 Å². The van der Waals surface area contributed by atoms with Crippen LogP contribution in [-0.4, -0.2) is 35.2 Å². The number of benzene rings is 1. The number of oxime groups is 1. The molecular formula is C17H19ClN2O2. The SMILES string of the molecule is O=C([C@@H]1CC(Cc2cccc(Cl)c2)=NO1)N1C[C@H]2CC[C@@H]1C2. The highest BCUT2D eigenvalue weighted by molar-refractivity contribution is 6.30. The van der Waals surface area contributed by atoms with Gasteiger partial charge in [-0.3, -0.25) is 4.79 Å². The first-order valence-corrected chi connectivity index (χ1v) is 8.33. The van der Waals surface area contributed by atoms with Gasteiger partial charge in [-0.1, -0.05) is 28.9 Å². The molecule has 0 aromatic heterocycles. The molecule has 0 unspecified atom stereocenters. The van der Waals surface area contributed by atoms with E-state index in [0.717, 1.165) is 29.3 Å². The molecule has 22 heavy (non-hydrogen) atoms. The van der Waals surface area contributed by atoms with Gasteiger partial charge >= 0.3 is 0 Å². The molecule has 0 radical (unpaired) electrons. The fourth-order valence-corrected chi connectivity index (χ4v) is 4.14. The van der Waals surface area contributed by atoms with Crippen molar-refractivity contribution in [3.05, 3.63) is 34.9 Å². The van der Waals surface area contributed by atoms with E-state index in [9.17, 15) is 4.79 Å². The zero-order valence-electron chi connectivity index (χ0n) is 12.4. The Bertz CT molecular complexity index is 631. The van der Waals surface area contributed by atoms with Crippen molar-refractivity contribution in [3.63, 3.8) is 0 Å². The monoisotopic (exact) mass is 318 g/mol. The van der Waals surface area contributed by atoms with E-state index < -0.39 is 6.10 Å². The molecule has 4 nitrogen and oxygen atoms in total. The molecular weight excluding hydrogens is 300 g/mol. The van der Waals surface area contributed by atoms with Crippen molar-refractivity contribution >= 4 is 23.2 Å². The number of likely N-dealkylation sites (tertiary alicyclic amines) is 1. The summed E-state index contributed by atoms with van der Waals surface area (Å²) in [6, 6.07) is 8.17. The second kappa shape index (κ2) is 5.58. The molecule has 1 aromatic carbocycles. The largest absolute Gasteiger partial charge is 0.382 e. The number of carbonyl (C=O) groups is 1. The number of piperidine rings is 1. The first-order chi connectivity index (χ1) is 10.7. The lowest BCUT2D eigenvalue weighted by molar-refractivity contribution is -0.143. The summed E-state index contributed by atoms with van der Waals surface area (Å²) >= 11 is 6.00. The number of halogens is 1. The van der Waals surface area contributed by atoms with E-state index in [0.29, 0.717) is 24.8 Å². The van der Waals surface area contributed by atoms with Crippen LogP contribution in [0.2, 0.25) is 5.02 Å². The van der Waals surface area contributed by atoms with Gasteiger partial charge in [0.05, 0.1) is 5.71 Å². The van der Waals surface area contributed by atoms with Gasteiger partial charge in [-0.05, 0) is 42.9 Å². The third kappa shape index (κ3) is 2.60. The van der Waals surface area contributed by atoms with Gasteiger partial charge in [-0.25, -0.2) is 0 Å². The highest BCUT2D eigenvalue weighted by atomic mass is 35.5. The zero-order chi connectivity index (χ0) is 15.1. The van der Waals surface area contributed by atoms with E-state index in [-0.39, 0.29) is 5.91 Å². The first kappa shape index (κ1) is 14.1. The van der Waals surface area contributed by atoms with Gasteiger partial charge in [0.2, 0.25) is 6.10 Å². The average molecular weight is 319 g/mol. The molecule has 0 N–H and O–H groups in total. The Kier molecular flexibility index (Phi) is 3.57. The summed E-state index contributed by atoms with van der Waals surface area (Å²) in [4.78, 5) is 20.0. The summed E-state index contributed by atoms with van der Waals surface area (Å²) in [6.45, 7) is 0.910. The van der Waals surface area contributed by atoms with Crippen LogP contribution in [0.5, 0.6) is 0 Å². The maximum Gasteiger partial charge on any atom is 0.267 e. The minimum Gasteiger partial charge on any atom is -0.382 e. The van der Waals surface area contributed by atoms with Gasteiger partial charge in [-0.2, -0.15) is 0 Å². The van der Waals surface area contributed by atoms with E-state index in [1.807, 2.05) is 29.2 Å². The van der Waals surface area contributed by atoms with Crippen LogP contribution < -0.4 is 0 Å². The fraction of sp³-hybridized carbons (Fsp3) is 0.529. The Morgan fingerprint density at radius 1 is 1.41 bits per heavy atom. The standard InChI is InChI=1S/C17H19ClN2O2/c18-13-3-1-2-11(6-13)7-14-9-16(22-19-14)17(21)20-10-12-4-5-15(20)8-12/h1-3,6,12,15-16H,4-5,7-10H2/t12-,15+,16-/m0/s1. The summed E-state index contributed by atoms with van der Waals surface area (Å²) in [7, 11) is 0. The van der Waals surface area contributed by atoms with Crippen LogP contribution in [0, 0.1) is 5.92 Å². The fourth-order valence-electron chi connectivity index (χ4n) is 3.93. The van der Waals surface area contributed by atoms with Crippen molar-refractivity contribution in [3.8, 4) is 0 Å². The van der Waals surface area contributed by atoms with Gasteiger partial charge in [0, 0.05) is 30.5 Å². The van der Waals surface area contributed by atoms with Crippen LogP contribution >= 0.6 is 11.6 Å². The maximum atomic E-state index is 12.6. The molecule has 1 saturated carbocycles. The number of rotatable bonds is 3. The topological polar surface area (TPSA) is 41.9 Å². The quantitative estimate of drug-likeness (QED) is 0.859. The van der Waals surface area contributed by atoms with E-state index >= 15 is 0 Å². The number of hydrogen-bond acceptors (Lipinski definition) is 3. The number of nitrogens with zero attached hydrogens (tertiary/aromatic N) is 2. The molecule has 3 atom stereocenters. The Hall–Kier alpha value is -1.55. The summed E-state index contributed by atoms with van der Waals surface area (Å²) in [5, 5.41) is 4.84. The molecule has 1 amide bonds. The van der Waals surface area contributed by atoms with E-state index in [4.69, 9.17) is 16.4 Å². The van der Waals surface area contributed by atoms with Crippen molar-refractivity contribution in [2.45, 2.75) is 44.2 Å². The molecule has 0 spiro atoms. The molecule has 2 fully saturated rings. The van der Waals surface area contributed by atoms with Crippen molar-refractivity contribution in [2.75, 3.05) is 6.54 Å². The Morgan fingerprint density at radius 3 is 3.05 bits per heavy atom. The average Bonchev–Trinajstić information content (AvgIpc) is 3.22. The van der Waals surface area contributed by atoms with Gasteiger partial charge < -0.3 is 9.74 Å². The molecule has 2 heterocycles. The lowest BCUT2D eigenvalue weighted by Gasteiger charge is -2.28. The van der Waals surface area contributed by atoms with Crippen LogP contribution in [0.3, 0.4) is 0 Å². The van der Waals surface area contributed by atoms with Gasteiger partial charge in [-0.15, -0.1) is 0 Å². The van der Waals surface area contributed by atoms with Crippen molar-refractivity contribution < 1.29 is 9.63 Å². The number of hydrogen-bond donors (Lipinski definition) is 0. The predicted octanol–water partition coefficient (Wildman–Crippen LogP) is 3.04. The third-order valence-electron chi connectivity index (χ3n) is 5.00. The molecule has 2 aliphatic heterocycles. The Labute approximate surface area is 135 Å². The van der Waals surface area contributed by atoms with E-state index in [1.165, 1.54) is 12.8 Å². The lowest BCUT2D eigenvalue weighted by Crippen LogP contribution is -2.43.